The number of nitrogen functional groups attached to an aromatic ring is 1. The fourth-order valence-electron chi connectivity index (χ4n) is 3.38. The highest BCUT2D eigenvalue weighted by molar-refractivity contribution is 6.06. The van der Waals surface area contributed by atoms with Gasteiger partial charge in [0.05, 0.1) is 11.0 Å². The second kappa shape index (κ2) is 8.97. The van der Waals surface area contributed by atoms with Gasteiger partial charge in [-0.15, -0.1) is 12.4 Å². The number of amidine groups is 1. The Kier molecular flexibility index (Phi) is 6.36. The molecular weight excluding hydrogens is 412 g/mol. The zero-order valence-electron chi connectivity index (χ0n) is 17.2. The lowest BCUT2D eigenvalue weighted by molar-refractivity contribution is 0.0992. The van der Waals surface area contributed by atoms with E-state index in [9.17, 15) is 4.79 Å². The second-order valence-electron chi connectivity index (χ2n) is 7.13. The number of imidazole rings is 1. The van der Waals surface area contributed by atoms with Crippen LogP contribution in [0, 0.1) is 5.41 Å². The third-order valence-corrected chi connectivity index (χ3v) is 5.15. The highest BCUT2D eigenvalue weighted by Gasteiger charge is 2.17. The minimum atomic E-state index is -0.136. The smallest absolute Gasteiger partial charge is 0.259 e. The minimum Gasteiger partial charge on any atom is -0.384 e. The van der Waals surface area contributed by atoms with Crippen LogP contribution < -0.4 is 10.6 Å². The second-order valence-corrected chi connectivity index (χ2v) is 7.13. The van der Waals surface area contributed by atoms with Crippen LogP contribution in [-0.4, -0.2) is 33.3 Å². The third kappa shape index (κ3) is 4.41. The quantitative estimate of drug-likeness (QED) is 0.370. The number of carbonyl (C=O) groups is 1. The summed E-state index contributed by atoms with van der Waals surface area (Å²) in [5.41, 5.74) is 9.59. The number of amides is 1. The molecule has 7 nitrogen and oxygen atoms in total. The molecule has 8 heteroatoms. The van der Waals surface area contributed by atoms with Gasteiger partial charge in [0.25, 0.3) is 5.91 Å². The lowest BCUT2D eigenvalue weighted by Gasteiger charge is -2.15. The monoisotopic (exact) mass is 434 g/mol. The van der Waals surface area contributed by atoms with Gasteiger partial charge < -0.3 is 10.3 Å². The maximum Gasteiger partial charge on any atom is 0.259 e. The summed E-state index contributed by atoms with van der Waals surface area (Å²) < 4.78 is 2.03. The van der Waals surface area contributed by atoms with Gasteiger partial charge in [0.2, 0.25) is 0 Å². The van der Waals surface area contributed by atoms with E-state index in [0.717, 1.165) is 22.4 Å². The molecule has 0 saturated carbocycles. The van der Waals surface area contributed by atoms with Gasteiger partial charge >= 0.3 is 0 Å². The average Bonchev–Trinajstić information content (AvgIpc) is 3.08. The van der Waals surface area contributed by atoms with Gasteiger partial charge in [-0.25, -0.2) is 9.97 Å². The lowest BCUT2D eigenvalue weighted by Crippen LogP contribution is -2.26. The number of hydrogen-bond donors (Lipinski definition) is 2. The van der Waals surface area contributed by atoms with E-state index in [1.807, 2.05) is 66.2 Å². The summed E-state index contributed by atoms with van der Waals surface area (Å²) in [4.78, 5) is 23.4. The zero-order valence-corrected chi connectivity index (χ0v) is 18.1. The number of carbonyl (C=O) groups excluding carboxylic acids is 1. The number of aryl methyl sites for hydroxylation is 1. The van der Waals surface area contributed by atoms with Crippen LogP contribution in [0.3, 0.4) is 0 Å². The summed E-state index contributed by atoms with van der Waals surface area (Å²) in [7, 11) is 3.68. The van der Waals surface area contributed by atoms with Crippen LogP contribution in [-0.2, 0) is 13.5 Å². The van der Waals surface area contributed by atoms with Crippen LogP contribution in [0.15, 0.2) is 66.9 Å². The van der Waals surface area contributed by atoms with Crippen LogP contribution in [0.5, 0.6) is 0 Å². The van der Waals surface area contributed by atoms with Crippen LogP contribution >= 0.6 is 12.4 Å². The molecule has 0 aliphatic carbocycles. The number of anilines is 1. The van der Waals surface area contributed by atoms with Gasteiger partial charge in [-0.2, -0.15) is 0 Å². The Morgan fingerprint density at radius 1 is 1.10 bits per heavy atom. The number of benzene rings is 2. The predicted molar refractivity (Wildman–Crippen MR) is 125 cm³/mol. The molecule has 0 aliphatic heterocycles. The van der Waals surface area contributed by atoms with Crippen molar-refractivity contribution in [3.05, 3.63) is 89.4 Å². The standard InChI is InChI=1S/C23H22N6O.ClH/c1-28-19-11-10-17(23(30)29(2)20-5-3-4-12-26-20)14-18(19)27-21(28)13-15-6-8-16(9-7-15)22(24)25;/h3-12,14H,13H2,1-2H3,(H3,24,25);1H. The summed E-state index contributed by atoms with van der Waals surface area (Å²) in [6.07, 6.45) is 2.30. The van der Waals surface area contributed by atoms with Crippen LogP contribution in [0.4, 0.5) is 5.82 Å². The van der Waals surface area contributed by atoms with E-state index in [1.54, 1.807) is 19.3 Å². The minimum absolute atomic E-state index is 0. The van der Waals surface area contributed by atoms with E-state index in [2.05, 4.69) is 4.98 Å². The number of rotatable bonds is 5. The molecule has 0 unspecified atom stereocenters. The van der Waals surface area contributed by atoms with Crippen LogP contribution in [0.1, 0.15) is 27.3 Å². The maximum absolute atomic E-state index is 12.9. The zero-order chi connectivity index (χ0) is 21.3. The molecule has 0 spiro atoms. The number of halogens is 1. The Labute approximate surface area is 186 Å². The molecule has 0 radical (unpaired) electrons. The molecule has 0 saturated heterocycles. The van der Waals surface area contributed by atoms with Crippen molar-refractivity contribution < 1.29 is 4.79 Å². The third-order valence-electron chi connectivity index (χ3n) is 5.15. The fourth-order valence-corrected chi connectivity index (χ4v) is 3.38. The predicted octanol–water partition coefficient (Wildman–Crippen LogP) is 3.54. The summed E-state index contributed by atoms with van der Waals surface area (Å²) in [6.45, 7) is 0. The first-order valence-corrected chi connectivity index (χ1v) is 9.52. The number of nitrogens with one attached hydrogen (secondary N) is 1. The number of fused-ring (bicyclic) bond motifs is 1. The van der Waals surface area contributed by atoms with Crippen molar-refractivity contribution in [2.75, 3.05) is 11.9 Å². The lowest BCUT2D eigenvalue weighted by atomic mass is 10.1. The van der Waals surface area contributed by atoms with Gasteiger partial charge in [0.15, 0.2) is 0 Å². The normalized spacial score (nSPS) is 10.5. The molecule has 2 heterocycles. The SMILES string of the molecule is CN(C(=O)c1ccc2c(c1)nc(Cc1ccc(C(=N)N)cc1)n2C)c1ccccn1.Cl. The molecule has 31 heavy (non-hydrogen) atoms. The molecule has 2 aromatic heterocycles. The molecule has 0 aliphatic rings. The maximum atomic E-state index is 12.9. The van der Waals surface area contributed by atoms with Crippen molar-refractivity contribution in [3.63, 3.8) is 0 Å². The molecular formula is C23H23ClN6O. The van der Waals surface area contributed by atoms with E-state index in [-0.39, 0.29) is 24.1 Å². The molecule has 4 rings (SSSR count). The van der Waals surface area contributed by atoms with Crippen molar-refractivity contribution in [2.24, 2.45) is 12.8 Å². The first-order valence-electron chi connectivity index (χ1n) is 9.52. The largest absolute Gasteiger partial charge is 0.384 e. The van der Waals surface area contributed by atoms with Gasteiger partial charge in [0, 0.05) is 37.8 Å². The highest BCUT2D eigenvalue weighted by Crippen LogP contribution is 2.21. The Morgan fingerprint density at radius 2 is 1.81 bits per heavy atom. The highest BCUT2D eigenvalue weighted by atomic mass is 35.5. The Hall–Kier alpha value is -3.71. The molecule has 158 valence electrons. The van der Waals surface area contributed by atoms with Crippen molar-refractivity contribution in [2.45, 2.75) is 6.42 Å². The number of pyridine rings is 1. The van der Waals surface area contributed by atoms with E-state index >= 15 is 0 Å². The number of nitrogens with two attached hydrogens (primary N) is 1. The molecule has 0 bridgehead atoms. The molecule has 2 aromatic carbocycles. The number of nitrogens with zero attached hydrogens (tertiary/aromatic N) is 4. The van der Waals surface area contributed by atoms with Crippen molar-refractivity contribution in [3.8, 4) is 0 Å². The van der Waals surface area contributed by atoms with Gasteiger partial charge in [0.1, 0.15) is 17.5 Å². The summed E-state index contributed by atoms with van der Waals surface area (Å²) in [5.74, 6) is 1.40. The van der Waals surface area contributed by atoms with E-state index < -0.39 is 0 Å². The summed E-state index contributed by atoms with van der Waals surface area (Å²) in [6, 6.07) is 18.6. The number of hydrogen-bond acceptors (Lipinski definition) is 4. The molecule has 0 fully saturated rings. The Bertz CT molecular complexity index is 1230. The molecule has 0 atom stereocenters. The average molecular weight is 435 g/mol. The molecule has 3 N–H and O–H groups in total. The fraction of sp³-hybridized carbons (Fsp3) is 0.130. The topological polar surface area (TPSA) is 101 Å². The molecule has 1 amide bonds. The summed E-state index contributed by atoms with van der Waals surface area (Å²) >= 11 is 0. The first-order chi connectivity index (χ1) is 14.4. The van der Waals surface area contributed by atoms with Crippen LogP contribution in [0.2, 0.25) is 0 Å². The van der Waals surface area contributed by atoms with E-state index in [4.69, 9.17) is 16.1 Å². The Morgan fingerprint density at radius 3 is 2.45 bits per heavy atom. The van der Waals surface area contributed by atoms with E-state index in [0.29, 0.717) is 23.4 Å². The van der Waals surface area contributed by atoms with Gasteiger partial charge in [-0.1, -0.05) is 30.3 Å². The van der Waals surface area contributed by atoms with Crippen molar-refractivity contribution in [1.29, 1.82) is 5.41 Å². The summed E-state index contributed by atoms with van der Waals surface area (Å²) in [5, 5.41) is 7.50. The van der Waals surface area contributed by atoms with E-state index in [1.165, 1.54) is 4.90 Å². The van der Waals surface area contributed by atoms with Gasteiger partial charge in [-0.3, -0.25) is 15.1 Å². The molecule has 4 aromatic rings. The van der Waals surface area contributed by atoms with Crippen molar-refractivity contribution in [1.82, 2.24) is 14.5 Å². The Balaban J connectivity index is 0.00000272. The number of aromatic nitrogens is 3. The van der Waals surface area contributed by atoms with Crippen LogP contribution in [0.25, 0.3) is 11.0 Å². The van der Waals surface area contributed by atoms with Gasteiger partial charge in [-0.05, 0) is 35.9 Å². The first kappa shape index (κ1) is 22.0. The van der Waals surface area contributed by atoms with Crippen molar-refractivity contribution >= 4 is 41.0 Å².